The summed E-state index contributed by atoms with van der Waals surface area (Å²) in [6, 6.07) is 6.00. The molecule has 1 aliphatic carbocycles. The Morgan fingerprint density at radius 2 is 1.83 bits per heavy atom. The molecule has 0 bridgehead atoms. The number of Topliss-reactive ketones (excluding diaryl/α,β-unsaturated/α-hetero) is 1. The lowest BCUT2D eigenvalue weighted by atomic mass is 10.0. The second-order valence-electron chi connectivity index (χ2n) is 5.14. The van der Waals surface area contributed by atoms with E-state index in [1.807, 2.05) is 12.1 Å². The third-order valence-electron chi connectivity index (χ3n) is 3.79. The minimum atomic E-state index is 0.0971. The molecular weight excluding hydrogens is 226 g/mol. The highest BCUT2D eigenvalue weighted by Crippen LogP contribution is 2.23. The molecule has 1 heterocycles. The normalized spacial score (nSPS) is 16.6. The maximum atomic E-state index is 12.0. The number of hydrogen-bond acceptors (Lipinski definition) is 2. The number of fused-ring (bicyclic) bond motifs is 1. The van der Waals surface area contributed by atoms with Crippen molar-refractivity contribution in [2.24, 2.45) is 0 Å². The molecule has 0 spiro atoms. The zero-order valence-corrected chi connectivity index (χ0v) is 10.4. The third-order valence-corrected chi connectivity index (χ3v) is 3.79. The molecule has 1 amide bonds. The zero-order chi connectivity index (χ0) is 12.5. The monoisotopic (exact) mass is 243 g/mol. The molecule has 0 N–H and O–H groups in total. The average Bonchev–Trinajstić information content (AvgIpc) is 3.13. The second kappa shape index (κ2) is 4.56. The van der Waals surface area contributed by atoms with E-state index in [-0.39, 0.29) is 11.7 Å². The Morgan fingerprint density at radius 3 is 2.61 bits per heavy atom. The maximum Gasteiger partial charge on any atom is 0.223 e. The highest BCUT2D eigenvalue weighted by Gasteiger charge is 2.24. The van der Waals surface area contributed by atoms with Crippen LogP contribution in [-0.4, -0.2) is 29.7 Å². The van der Waals surface area contributed by atoms with E-state index in [1.54, 1.807) is 4.90 Å². The summed E-state index contributed by atoms with van der Waals surface area (Å²) in [5.41, 5.74) is 3.47. The van der Waals surface area contributed by atoms with Crippen LogP contribution in [-0.2, 0) is 17.6 Å². The van der Waals surface area contributed by atoms with Crippen LogP contribution < -0.4 is 0 Å². The summed E-state index contributed by atoms with van der Waals surface area (Å²) >= 11 is 0. The standard InChI is InChI=1S/C15H17NO2/c17-14(6-7-15(18)16-8-9-16)13-5-4-11-2-1-3-12(11)10-13/h4-5,10H,1-3,6-9H2. The first-order valence-electron chi connectivity index (χ1n) is 6.67. The van der Waals surface area contributed by atoms with Crippen molar-refractivity contribution < 1.29 is 9.59 Å². The Hall–Kier alpha value is -1.64. The van der Waals surface area contributed by atoms with Crippen molar-refractivity contribution >= 4 is 11.7 Å². The fraction of sp³-hybridized carbons (Fsp3) is 0.467. The van der Waals surface area contributed by atoms with Crippen molar-refractivity contribution in [3.05, 3.63) is 34.9 Å². The number of ketones is 1. The van der Waals surface area contributed by atoms with Gasteiger partial charge in [0.2, 0.25) is 5.91 Å². The van der Waals surface area contributed by atoms with Crippen LogP contribution in [0.25, 0.3) is 0 Å². The molecule has 1 aromatic carbocycles. The van der Waals surface area contributed by atoms with Gasteiger partial charge in [-0.05, 0) is 36.5 Å². The number of nitrogens with zero attached hydrogens (tertiary/aromatic N) is 1. The van der Waals surface area contributed by atoms with Crippen LogP contribution in [0, 0.1) is 0 Å². The maximum absolute atomic E-state index is 12.0. The van der Waals surface area contributed by atoms with Gasteiger partial charge in [0, 0.05) is 31.5 Å². The van der Waals surface area contributed by atoms with E-state index in [1.165, 1.54) is 17.5 Å². The SMILES string of the molecule is O=C(CCC(=O)N1CC1)c1ccc2c(c1)CCC2. The van der Waals surface area contributed by atoms with Crippen LogP contribution in [0.5, 0.6) is 0 Å². The lowest BCUT2D eigenvalue weighted by Crippen LogP contribution is -2.12. The topological polar surface area (TPSA) is 37.1 Å². The molecule has 18 heavy (non-hydrogen) atoms. The minimum absolute atomic E-state index is 0.0971. The highest BCUT2D eigenvalue weighted by molar-refractivity contribution is 5.98. The molecule has 1 saturated heterocycles. The van der Waals surface area contributed by atoms with Crippen molar-refractivity contribution in [3.63, 3.8) is 0 Å². The number of benzene rings is 1. The number of carbonyl (C=O) groups is 2. The Morgan fingerprint density at radius 1 is 1.06 bits per heavy atom. The van der Waals surface area contributed by atoms with E-state index in [9.17, 15) is 9.59 Å². The Bertz CT molecular complexity index is 503. The molecule has 3 heteroatoms. The predicted octanol–water partition coefficient (Wildman–Crippen LogP) is 1.98. The molecule has 1 fully saturated rings. The van der Waals surface area contributed by atoms with E-state index < -0.39 is 0 Å². The summed E-state index contributed by atoms with van der Waals surface area (Å²) in [6.45, 7) is 1.73. The molecule has 1 aliphatic heterocycles. The van der Waals surface area contributed by atoms with Crippen molar-refractivity contribution in [2.45, 2.75) is 32.1 Å². The van der Waals surface area contributed by atoms with Gasteiger partial charge in [0.1, 0.15) is 0 Å². The number of aryl methyl sites for hydroxylation is 2. The Kier molecular flexibility index (Phi) is 2.90. The van der Waals surface area contributed by atoms with Gasteiger partial charge in [0.25, 0.3) is 0 Å². The van der Waals surface area contributed by atoms with Crippen LogP contribution in [0.2, 0.25) is 0 Å². The Balaban J connectivity index is 1.63. The molecule has 0 atom stereocenters. The minimum Gasteiger partial charge on any atom is -0.339 e. The smallest absolute Gasteiger partial charge is 0.223 e. The lowest BCUT2D eigenvalue weighted by molar-refractivity contribution is -0.125. The first-order chi connectivity index (χ1) is 8.74. The third kappa shape index (κ3) is 2.30. The van der Waals surface area contributed by atoms with Gasteiger partial charge in [-0.15, -0.1) is 0 Å². The van der Waals surface area contributed by atoms with Crippen LogP contribution in [0.15, 0.2) is 18.2 Å². The number of hydrogen-bond donors (Lipinski definition) is 0. The van der Waals surface area contributed by atoms with Gasteiger partial charge >= 0.3 is 0 Å². The van der Waals surface area contributed by atoms with Gasteiger partial charge in [-0.2, -0.15) is 0 Å². The van der Waals surface area contributed by atoms with E-state index in [0.29, 0.717) is 12.8 Å². The highest BCUT2D eigenvalue weighted by atomic mass is 16.2. The summed E-state index contributed by atoms with van der Waals surface area (Å²) in [6.07, 6.45) is 4.12. The summed E-state index contributed by atoms with van der Waals surface area (Å²) < 4.78 is 0. The summed E-state index contributed by atoms with van der Waals surface area (Å²) in [5, 5.41) is 0. The molecule has 0 unspecified atom stereocenters. The van der Waals surface area contributed by atoms with E-state index >= 15 is 0 Å². The van der Waals surface area contributed by atoms with Gasteiger partial charge in [-0.3, -0.25) is 9.59 Å². The van der Waals surface area contributed by atoms with E-state index in [0.717, 1.165) is 31.5 Å². The fourth-order valence-corrected chi connectivity index (χ4v) is 2.57. The van der Waals surface area contributed by atoms with Gasteiger partial charge < -0.3 is 4.90 Å². The summed E-state index contributed by atoms with van der Waals surface area (Å²) in [7, 11) is 0. The lowest BCUT2D eigenvalue weighted by Gasteiger charge is -2.04. The molecule has 1 aromatic rings. The second-order valence-corrected chi connectivity index (χ2v) is 5.14. The van der Waals surface area contributed by atoms with Crippen LogP contribution in [0.3, 0.4) is 0 Å². The summed E-state index contributed by atoms with van der Waals surface area (Å²) in [5.74, 6) is 0.212. The molecule has 3 rings (SSSR count). The van der Waals surface area contributed by atoms with Gasteiger partial charge in [-0.1, -0.05) is 12.1 Å². The molecular formula is C15H17NO2. The van der Waals surface area contributed by atoms with Gasteiger partial charge in [0.15, 0.2) is 5.78 Å². The first kappa shape index (κ1) is 11.5. The Labute approximate surface area is 107 Å². The van der Waals surface area contributed by atoms with Crippen LogP contribution in [0.4, 0.5) is 0 Å². The molecule has 94 valence electrons. The molecule has 3 nitrogen and oxygen atoms in total. The largest absolute Gasteiger partial charge is 0.339 e. The van der Waals surface area contributed by atoms with E-state index in [4.69, 9.17) is 0 Å². The molecule has 0 radical (unpaired) electrons. The van der Waals surface area contributed by atoms with Crippen molar-refractivity contribution in [1.29, 1.82) is 0 Å². The van der Waals surface area contributed by atoms with Crippen molar-refractivity contribution in [2.75, 3.05) is 13.1 Å². The molecule has 0 saturated carbocycles. The van der Waals surface area contributed by atoms with E-state index in [2.05, 4.69) is 6.07 Å². The van der Waals surface area contributed by atoms with Crippen molar-refractivity contribution in [1.82, 2.24) is 4.90 Å². The van der Waals surface area contributed by atoms with Crippen LogP contribution >= 0.6 is 0 Å². The molecule has 2 aliphatic rings. The molecule has 0 aromatic heterocycles. The quantitative estimate of drug-likeness (QED) is 0.599. The number of amides is 1. The summed E-state index contributed by atoms with van der Waals surface area (Å²) in [4.78, 5) is 25.3. The van der Waals surface area contributed by atoms with Crippen molar-refractivity contribution in [3.8, 4) is 0 Å². The zero-order valence-electron chi connectivity index (χ0n) is 10.4. The van der Waals surface area contributed by atoms with Gasteiger partial charge in [0.05, 0.1) is 0 Å². The number of rotatable bonds is 4. The first-order valence-corrected chi connectivity index (χ1v) is 6.67. The van der Waals surface area contributed by atoms with Crippen LogP contribution in [0.1, 0.15) is 40.7 Å². The average molecular weight is 243 g/mol. The van der Waals surface area contributed by atoms with Gasteiger partial charge in [-0.25, -0.2) is 0 Å². The number of carbonyl (C=O) groups excluding carboxylic acids is 2. The fourth-order valence-electron chi connectivity index (χ4n) is 2.57. The predicted molar refractivity (Wildman–Crippen MR) is 68.6 cm³/mol.